The molecule has 8 nitrogen and oxygen atoms in total. The summed E-state index contributed by atoms with van der Waals surface area (Å²) >= 11 is 14.0. The highest BCUT2D eigenvalue weighted by molar-refractivity contribution is 7.98. The van der Waals surface area contributed by atoms with Gasteiger partial charge in [-0.1, -0.05) is 83.8 Å². The third kappa shape index (κ3) is 7.48. The molecule has 0 radical (unpaired) electrons. The predicted octanol–water partition coefficient (Wildman–Crippen LogP) is 9.02. The monoisotopic (exact) mass is 678 g/mol. The van der Waals surface area contributed by atoms with Crippen LogP contribution in [-0.2, 0) is 21.9 Å². The molecule has 46 heavy (non-hydrogen) atoms. The number of ether oxygens (including phenoxy) is 3. The second-order valence-corrected chi connectivity index (χ2v) is 13.1. The fourth-order valence-electron chi connectivity index (χ4n) is 5.76. The van der Waals surface area contributed by atoms with Gasteiger partial charge in [0, 0.05) is 27.1 Å². The molecule has 1 aliphatic carbocycles. The SMILES string of the molecule is CCOc1cc(C2C(C(=O)OC3CCCCC3)=C(C)Nc3nc(SCc4ccccc4)nn32)ccc1OCc1ccc(Cl)cc1Cl. The van der Waals surface area contributed by atoms with Gasteiger partial charge in [-0.05, 0) is 74.9 Å². The van der Waals surface area contributed by atoms with E-state index >= 15 is 0 Å². The number of nitrogens with one attached hydrogen (secondary N) is 1. The number of aromatic nitrogens is 3. The van der Waals surface area contributed by atoms with Crippen molar-refractivity contribution in [1.82, 2.24) is 14.8 Å². The molecular formula is C35H36Cl2N4O4S. The summed E-state index contributed by atoms with van der Waals surface area (Å²) in [5.74, 6) is 2.02. The van der Waals surface area contributed by atoms with Gasteiger partial charge in [-0.25, -0.2) is 9.48 Å². The Morgan fingerprint density at radius 3 is 2.57 bits per heavy atom. The Morgan fingerprint density at radius 2 is 1.80 bits per heavy atom. The van der Waals surface area contributed by atoms with Gasteiger partial charge in [0.25, 0.3) is 0 Å². The highest BCUT2D eigenvalue weighted by Crippen LogP contribution is 2.41. The number of thioether (sulfide) groups is 1. The van der Waals surface area contributed by atoms with Crippen LogP contribution in [0, 0.1) is 0 Å². The van der Waals surface area contributed by atoms with Gasteiger partial charge in [-0.3, -0.25) is 0 Å². The molecule has 1 aromatic heterocycles. The summed E-state index contributed by atoms with van der Waals surface area (Å²) in [5, 5.41) is 9.91. The number of carbonyl (C=O) groups excluding carboxylic acids is 1. The lowest BCUT2D eigenvalue weighted by molar-refractivity contribution is -0.146. The molecule has 1 fully saturated rings. The first-order chi connectivity index (χ1) is 22.4. The lowest BCUT2D eigenvalue weighted by Crippen LogP contribution is -2.32. The number of rotatable bonds is 11. The average molecular weight is 680 g/mol. The number of carbonyl (C=O) groups is 1. The minimum absolute atomic E-state index is 0.0919. The molecule has 0 amide bonds. The Labute approximate surface area is 283 Å². The van der Waals surface area contributed by atoms with Crippen LogP contribution < -0.4 is 14.8 Å². The quantitative estimate of drug-likeness (QED) is 0.124. The van der Waals surface area contributed by atoms with Crippen LogP contribution in [-0.4, -0.2) is 33.4 Å². The highest BCUT2D eigenvalue weighted by Gasteiger charge is 2.37. The van der Waals surface area contributed by atoms with E-state index < -0.39 is 6.04 Å². The van der Waals surface area contributed by atoms with Crippen molar-refractivity contribution in [2.75, 3.05) is 11.9 Å². The largest absolute Gasteiger partial charge is 0.490 e. The molecule has 1 unspecified atom stereocenters. The molecule has 0 spiro atoms. The maximum Gasteiger partial charge on any atom is 0.338 e. The number of esters is 1. The molecule has 240 valence electrons. The Morgan fingerprint density at radius 1 is 1.00 bits per heavy atom. The number of hydrogen-bond donors (Lipinski definition) is 1. The normalized spacial score (nSPS) is 16.5. The molecule has 4 aromatic rings. The van der Waals surface area contributed by atoms with Crippen LogP contribution in [0.4, 0.5) is 5.95 Å². The van der Waals surface area contributed by atoms with Gasteiger partial charge in [-0.15, -0.1) is 5.10 Å². The van der Waals surface area contributed by atoms with Gasteiger partial charge in [-0.2, -0.15) is 4.98 Å². The van der Waals surface area contributed by atoms with Gasteiger partial charge in [0.2, 0.25) is 11.1 Å². The molecule has 2 aliphatic rings. The van der Waals surface area contributed by atoms with Crippen LogP contribution in [0.1, 0.15) is 68.7 Å². The van der Waals surface area contributed by atoms with E-state index in [1.165, 1.54) is 12.0 Å². The molecule has 0 bridgehead atoms. The molecule has 1 saturated carbocycles. The molecule has 1 atom stereocenters. The van der Waals surface area contributed by atoms with E-state index in [9.17, 15) is 4.79 Å². The Hall–Kier alpha value is -3.66. The highest BCUT2D eigenvalue weighted by atomic mass is 35.5. The molecule has 11 heteroatoms. The van der Waals surface area contributed by atoms with Crippen molar-refractivity contribution >= 4 is 46.9 Å². The van der Waals surface area contributed by atoms with Gasteiger partial charge >= 0.3 is 5.97 Å². The van der Waals surface area contributed by atoms with Crippen LogP contribution in [0.15, 0.2) is 83.2 Å². The zero-order valence-electron chi connectivity index (χ0n) is 25.8. The average Bonchev–Trinajstić information content (AvgIpc) is 3.46. The number of halogens is 2. The summed E-state index contributed by atoms with van der Waals surface area (Å²) in [4.78, 5) is 18.7. The minimum atomic E-state index is -0.593. The second-order valence-electron chi connectivity index (χ2n) is 11.3. The summed E-state index contributed by atoms with van der Waals surface area (Å²) in [7, 11) is 0. The number of allylic oxidation sites excluding steroid dienone is 1. The number of fused-ring (bicyclic) bond motifs is 1. The molecule has 1 aliphatic heterocycles. The van der Waals surface area contributed by atoms with Gasteiger partial charge in [0.05, 0.1) is 12.2 Å². The van der Waals surface area contributed by atoms with E-state index in [0.717, 1.165) is 42.6 Å². The van der Waals surface area contributed by atoms with Crippen LogP contribution in [0.3, 0.4) is 0 Å². The second kappa shape index (κ2) is 14.8. The van der Waals surface area contributed by atoms with Crippen molar-refractivity contribution in [3.63, 3.8) is 0 Å². The number of nitrogens with zero attached hydrogens (tertiary/aromatic N) is 3. The van der Waals surface area contributed by atoms with E-state index in [2.05, 4.69) is 17.4 Å². The molecule has 2 heterocycles. The van der Waals surface area contributed by atoms with E-state index in [0.29, 0.717) is 50.5 Å². The van der Waals surface area contributed by atoms with E-state index in [-0.39, 0.29) is 18.7 Å². The topological polar surface area (TPSA) is 87.5 Å². The zero-order chi connectivity index (χ0) is 32.0. The first kappa shape index (κ1) is 32.3. The number of anilines is 1. The van der Waals surface area contributed by atoms with E-state index in [1.807, 2.05) is 56.3 Å². The maximum atomic E-state index is 13.9. The number of hydrogen-bond acceptors (Lipinski definition) is 8. The van der Waals surface area contributed by atoms with Gasteiger partial charge < -0.3 is 19.5 Å². The van der Waals surface area contributed by atoms with Crippen molar-refractivity contribution in [3.05, 3.63) is 105 Å². The maximum absolute atomic E-state index is 13.9. The fraction of sp³-hybridized carbons (Fsp3) is 0.343. The third-order valence-corrected chi connectivity index (χ3v) is 9.57. The standard InChI is InChI=1S/C35H36Cl2N4O4S/c1-3-43-30-18-24(15-17-29(30)44-20-25-14-16-26(36)19-28(25)37)32-31(33(42)45-27-12-8-5-9-13-27)22(2)38-34-39-35(40-41(32)34)46-21-23-10-6-4-7-11-23/h4,6-7,10-11,14-19,27,32H,3,5,8-9,12-13,20-21H2,1-2H3,(H,38,39,40). The van der Waals surface area contributed by atoms with Crippen LogP contribution in [0.25, 0.3) is 0 Å². The van der Waals surface area contributed by atoms with E-state index in [4.69, 9.17) is 47.5 Å². The first-order valence-electron chi connectivity index (χ1n) is 15.5. The van der Waals surface area contributed by atoms with Crippen molar-refractivity contribution in [3.8, 4) is 11.5 Å². The number of benzene rings is 3. The Bertz CT molecular complexity index is 1720. The van der Waals surface area contributed by atoms with Crippen LogP contribution in [0.5, 0.6) is 11.5 Å². The van der Waals surface area contributed by atoms with E-state index in [1.54, 1.807) is 28.6 Å². The lowest BCUT2D eigenvalue weighted by Gasteiger charge is -2.30. The smallest absolute Gasteiger partial charge is 0.338 e. The summed E-state index contributed by atoms with van der Waals surface area (Å²) < 4.78 is 20.1. The Kier molecular flexibility index (Phi) is 10.4. The minimum Gasteiger partial charge on any atom is -0.490 e. The molecule has 1 N–H and O–H groups in total. The molecule has 6 rings (SSSR count). The van der Waals surface area contributed by atoms with Gasteiger partial charge in [0.15, 0.2) is 11.5 Å². The summed E-state index contributed by atoms with van der Waals surface area (Å²) in [6, 6.07) is 20.6. The summed E-state index contributed by atoms with van der Waals surface area (Å²) in [6.07, 6.45) is 4.96. The fourth-order valence-corrected chi connectivity index (χ4v) is 7.01. The van der Waals surface area contributed by atoms with Crippen LogP contribution >= 0.6 is 35.0 Å². The third-order valence-electron chi connectivity index (χ3n) is 8.07. The van der Waals surface area contributed by atoms with Crippen molar-refractivity contribution in [1.29, 1.82) is 0 Å². The summed E-state index contributed by atoms with van der Waals surface area (Å²) in [5.41, 5.74) is 3.94. The summed E-state index contributed by atoms with van der Waals surface area (Å²) in [6.45, 7) is 4.46. The predicted molar refractivity (Wildman–Crippen MR) is 182 cm³/mol. The lowest BCUT2D eigenvalue weighted by atomic mass is 9.94. The van der Waals surface area contributed by atoms with Crippen molar-refractivity contribution in [2.45, 2.75) is 75.6 Å². The van der Waals surface area contributed by atoms with Crippen molar-refractivity contribution < 1.29 is 19.0 Å². The first-order valence-corrected chi connectivity index (χ1v) is 17.3. The zero-order valence-corrected chi connectivity index (χ0v) is 28.1. The molecule has 3 aromatic carbocycles. The molecular weight excluding hydrogens is 643 g/mol. The molecule has 0 saturated heterocycles. The van der Waals surface area contributed by atoms with Gasteiger partial charge in [0.1, 0.15) is 18.8 Å². The van der Waals surface area contributed by atoms with Crippen LogP contribution in [0.2, 0.25) is 10.0 Å². The van der Waals surface area contributed by atoms with Crippen molar-refractivity contribution in [2.24, 2.45) is 0 Å². The Balaban J connectivity index is 1.33.